The third-order valence-corrected chi connectivity index (χ3v) is 4.04. The molecule has 1 aliphatic carbocycles. The van der Waals surface area contributed by atoms with Gasteiger partial charge >= 0.3 is 5.97 Å². The summed E-state index contributed by atoms with van der Waals surface area (Å²) in [6.07, 6.45) is 2.30. The molecule has 5 heteroatoms. The Labute approximate surface area is 116 Å². The number of carbonyl (C=O) groups is 1. The van der Waals surface area contributed by atoms with Gasteiger partial charge in [0.1, 0.15) is 6.04 Å². The molecule has 98 valence electrons. The lowest BCUT2D eigenvalue weighted by Crippen LogP contribution is -2.40. The summed E-state index contributed by atoms with van der Waals surface area (Å²) in [5, 5.41) is 4.01. The van der Waals surface area contributed by atoms with Crippen molar-refractivity contribution in [3.05, 3.63) is 29.3 Å². The van der Waals surface area contributed by atoms with Crippen LogP contribution in [0.4, 0.5) is 0 Å². The smallest absolute Gasteiger partial charge is 0.323 e. The van der Waals surface area contributed by atoms with Crippen LogP contribution in [0.25, 0.3) is 0 Å². The first-order valence-corrected chi connectivity index (χ1v) is 7.27. The molecule has 3 nitrogen and oxygen atoms in total. The van der Waals surface area contributed by atoms with Gasteiger partial charge in [-0.2, -0.15) is 0 Å². The molecule has 0 spiro atoms. The van der Waals surface area contributed by atoms with Crippen molar-refractivity contribution in [2.75, 3.05) is 12.9 Å². The van der Waals surface area contributed by atoms with Gasteiger partial charge in [0.2, 0.25) is 0 Å². The van der Waals surface area contributed by atoms with Crippen LogP contribution < -0.4 is 5.32 Å². The van der Waals surface area contributed by atoms with Gasteiger partial charge in [-0.25, -0.2) is 0 Å². The van der Waals surface area contributed by atoms with E-state index in [4.69, 9.17) is 16.3 Å². The highest BCUT2D eigenvalue weighted by Crippen LogP contribution is 2.24. The largest absolute Gasteiger partial charge is 0.468 e. The van der Waals surface area contributed by atoms with Crippen molar-refractivity contribution in [2.45, 2.75) is 29.8 Å². The fourth-order valence-electron chi connectivity index (χ4n) is 1.60. The van der Waals surface area contributed by atoms with E-state index in [1.165, 1.54) is 7.11 Å². The SMILES string of the molecule is COC(=O)C(CSc1cccc(Cl)c1)NC1CC1. The van der Waals surface area contributed by atoms with Gasteiger partial charge in [0.05, 0.1) is 7.11 Å². The predicted molar refractivity (Wildman–Crippen MR) is 74.1 cm³/mol. The normalized spacial score (nSPS) is 16.3. The number of hydrogen-bond donors (Lipinski definition) is 1. The molecule has 0 aromatic heterocycles. The molecule has 0 amide bonds. The van der Waals surface area contributed by atoms with E-state index in [9.17, 15) is 4.79 Å². The highest BCUT2D eigenvalue weighted by atomic mass is 35.5. The second kappa shape index (κ2) is 6.45. The lowest BCUT2D eigenvalue weighted by atomic mass is 10.3. The van der Waals surface area contributed by atoms with Crippen molar-refractivity contribution in [1.29, 1.82) is 0 Å². The molecule has 18 heavy (non-hydrogen) atoms. The van der Waals surface area contributed by atoms with Crippen molar-refractivity contribution < 1.29 is 9.53 Å². The van der Waals surface area contributed by atoms with Crippen LogP contribution in [0.3, 0.4) is 0 Å². The minimum Gasteiger partial charge on any atom is -0.468 e. The fraction of sp³-hybridized carbons (Fsp3) is 0.462. The van der Waals surface area contributed by atoms with Crippen LogP contribution in [0.1, 0.15) is 12.8 Å². The van der Waals surface area contributed by atoms with E-state index in [1.807, 2.05) is 24.3 Å². The van der Waals surface area contributed by atoms with E-state index in [1.54, 1.807) is 11.8 Å². The molecule has 1 fully saturated rings. The Bertz CT molecular complexity index is 423. The molecule has 0 saturated heterocycles. The minimum atomic E-state index is -0.244. The Hall–Kier alpha value is -0.710. The van der Waals surface area contributed by atoms with Crippen LogP contribution in [0.5, 0.6) is 0 Å². The average molecular weight is 286 g/mol. The summed E-state index contributed by atoms with van der Waals surface area (Å²) in [6, 6.07) is 7.87. The fourth-order valence-corrected chi connectivity index (χ4v) is 2.83. The van der Waals surface area contributed by atoms with Gasteiger partial charge < -0.3 is 10.1 Å². The molecule has 0 heterocycles. The van der Waals surface area contributed by atoms with Crippen LogP contribution in [0.15, 0.2) is 29.2 Å². The third kappa shape index (κ3) is 4.19. The molecule has 1 aromatic rings. The maximum absolute atomic E-state index is 11.6. The predicted octanol–water partition coefficient (Wildman–Crippen LogP) is 2.73. The quantitative estimate of drug-likeness (QED) is 0.644. The second-order valence-corrected chi connectivity index (χ2v) is 5.81. The average Bonchev–Trinajstić information content (AvgIpc) is 3.17. The number of rotatable bonds is 6. The van der Waals surface area contributed by atoms with E-state index in [0.29, 0.717) is 16.8 Å². The first-order chi connectivity index (χ1) is 8.69. The summed E-state index contributed by atoms with van der Waals surface area (Å²) in [5.74, 6) is 0.459. The lowest BCUT2D eigenvalue weighted by molar-refractivity contribution is -0.142. The molecule has 0 radical (unpaired) electrons. The summed E-state index contributed by atoms with van der Waals surface area (Å²) in [6.45, 7) is 0. The molecule has 0 bridgehead atoms. The van der Waals surface area contributed by atoms with Crippen molar-refractivity contribution in [2.24, 2.45) is 0 Å². The number of thioether (sulfide) groups is 1. The molecule has 1 saturated carbocycles. The van der Waals surface area contributed by atoms with Gasteiger partial charge in [0.25, 0.3) is 0 Å². The van der Waals surface area contributed by atoms with Crippen molar-refractivity contribution in [3.8, 4) is 0 Å². The van der Waals surface area contributed by atoms with Crippen LogP contribution in [-0.2, 0) is 9.53 Å². The number of esters is 1. The number of carbonyl (C=O) groups excluding carboxylic acids is 1. The van der Waals surface area contributed by atoms with Crippen LogP contribution in [0, 0.1) is 0 Å². The second-order valence-electron chi connectivity index (χ2n) is 4.29. The minimum absolute atomic E-state index is 0.198. The summed E-state index contributed by atoms with van der Waals surface area (Å²) >= 11 is 7.53. The molecular formula is C13H16ClNO2S. The van der Waals surface area contributed by atoms with E-state index < -0.39 is 0 Å². The third-order valence-electron chi connectivity index (χ3n) is 2.71. The van der Waals surface area contributed by atoms with Gasteiger partial charge in [-0.05, 0) is 31.0 Å². The Morgan fingerprint density at radius 1 is 1.61 bits per heavy atom. The summed E-state index contributed by atoms with van der Waals surface area (Å²) in [5.41, 5.74) is 0. The molecular weight excluding hydrogens is 270 g/mol. The van der Waals surface area contributed by atoms with E-state index >= 15 is 0 Å². The number of halogens is 1. The maximum Gasteiger partial charge on any atom is 0.323 e. The number of nitrogens with one attached hydrogen (secondary N) is 1. The van der Waals surface area contributed by atoms with E-state index in [2.05, 4.69) is 5.32 Å². The molecule has 1 N–H and O–H groups in total. The first-order valence-electron chi connectivity index (χ1n) is 5.91. The maximum atomic E-state index is 11.6. The number of methoxy groups -OCH3 is 1. The van der Waals surface area contributed by atoms with Gasteiger partial charge in [-0.15, -0.1) is 11.8 Å². The zero-order chi connectivity index (χ0) is 13.0. The summed E-state index contributed by atoms with van der Waals surface area (Å²) < 4.78 is 4.81. The van der Waals surface area contributed by atoms with Crippen LogP contribution in [-0.4, -0.2) is 30.9 Å². The monoisotopic (exact) mass is 285 g/mol. The zero-order valence-electron chi connectivity index (χ0n) is 10.2. The van der Waals surface area contributed by atoms with Crippen molar-refractivity contribution >= 4 is 29.3 Å². The molecule has 1 unspecified atom stereocenters. The number of benzene rings is 1. The van der Waals surface area contributed by atoms with Crippen molar-refractivity contribution in [1.82, 2.24) is 5.32 Å². The molecule has 0 aliphatic heterocycles. The molecule has 1 aromatic carbocycles. The van der Waals surface area contributed by atoms with Crippen LogP contribution in [0.2, 0.25) is 5.02 Å². The van der Waals surface area contributed by atoms with Crippen LogP contribution >= 0.6 is 23.4 Å². The lowest BCUT2D eigenvalue weighted by Gasteiger charge is -2.15. The topological polar surface area (TPSA) is 38.3 Å². The number of ether oxygens (including phenoxy) is 1. The molecule has 1 atom stereocenters. The first kappa shape index (κ1) is 13.7. The Morgan fingerprint density at radius 2 is 2.39 bits per heavy atom. The standard InChI is InChI=1S/C13H16ClNO2S/c1-17-13(16)12(15-10-5-6-10)8-18-11-4-2-3-9(14)7-11/h2-4,7,10,12,15H,5-6,8H2,1H3. The Morgan fingerprint density at radius 3 is 3.00 bits per heavy atom. The van der Waals surface area contributed by atoms with E-state index in [-0.39, 0.29) is 12.0 Å². The zero-order valence-corrected chi connectivity index (χ0v) is 11.8. The molecule has 1 aliphatic rings. The molecule has 2 rings (SSSR count). The highest BCUT2D eigenvalue weighted by Gasteiger charge is 2.28. The van der Waals surface area contributed by atoms with Gasteiger partial charge in [0, 0.05) is 21.7 Å². The summed E-state index contributed by atoms with van der Waals surface area (Å²) in [4.78, 5) is 12.7. The Kier molecular flexibility index (Phi) is 4.92. The van der Waals surface area contributed by atoms with Gasteiger partial charge in [-0.1, -0.05) is 17.7 Å². The number of hydrogen-bond acceptors (Lipinski definition) is 4. The Balaban J connectivity index is 1.89. The summed E-state index contributed by atoms with van der Waals surface area (Å²) in [7, 11) is 1.42. The van der Waals surface area contributed by atoms with Gasteiger partial charge in [0.15, 0.2) is 0 Å². The van der Waals surface area contributed by atoms with Crippen molar-refractivity contribution in [3.63, 3.8) is 0 Å². The van der Waals surface area contributed by atoms with E-state index in [0.717, 1.165) is 17.7 Å². The highest BCUT2D eigenvalue weighted by molar-refractivity contribution is 7.99. The van der Waals surface area contributed by atoms with Gasteiger partial charge in [-0.3, -0.25) is 4.79 Å².